The average molecular weight is 483 g/mol. The smallest absolute Gasteiger partial charge is 0.379 e. The Hall–Kier alpha value is -2.17. The fourth-order valence-electron chi connectivity index (χ4n) is 5.35. The van der Waals surface area contributed by atoms with Crippen molar-refractivity contribution in [1.82, 2.24) is 20.4 Å². The molecule has 7 nitrogen and oxygen atoms in total. The number of rotatable bonds is 6. The molecule has 4 rings (SSSR count). The number of halogens is 3. The van der Waals surface area contributed by atoms with E-state index in [2.05, 4.69) is 20.4 Å². The Morgan fingerprint density at radius 3 is 2.32 bits per heavy atom. The Labute approximate surface area is 198 Å². The minimum atomic E-state index is -4.52. The van der Waals surface area contributed by atoms with Crippen LogP contribution in [-0.2, 0) is 15.7 Å². The molecule has 2 N–H and O–H groups in total. The van der Waals surface area contributed by atoms with Crippen LogP contribution in [0.15, 0.2) is 24.3 Å². The first-order chi connectivity index (χ1) is 16.3. The van der Waals surface area contributed by atoms with E-state index in [-0.39, 0.29) is 24.1 Å². The van der Waals surface area contributed by atoms with Gasteiger partial charge in [-0.05, 0) is 50.3 Å². The maximum absolute atomic E-state index is 12.8. The summed E-state index contributed by atoms with van der Waals surface area (Å²) in [5.74, 6) is -1.03. The lowest BCUT2D eigenvalue weighted by Crippen LogP contribution is -2.48. The number of alkyl halides is 3. The summed E-state index contributed by atoms with van der Waals surface area (Å²) in [4.78, 5) is 29.5. The van der Waals surface area contributed by atoms with Crippen LogP contribution >= 0.6 is 0 Å². The normalized spacial score (nSPS) is 26.9. The molecule has 0 radical (unpaired) electrons. The first-order valence-corrected chi connectivity index (χ1v) is 12.1. The molecule has 3 aliphatic rings. The molecule has 2 saturated heterocycles. The molecule has 1 atom stereocenters. The standard InChI is InChI=1S/C24H33F3N4O3/c25-24(26,27)18-3-1-2-17(14-18)23(33)28-15-22(32)29-19-8-9-31(16-19)21-6-4-20(5-7-21)30-10-12-34-13-11-30/h1-3,14,19-21H,4-13,15-16H2,(H,28,33)(H,29,32)/t19-,20?,21?/m1/s1. The molecule has 2 amide bonds. The number of nitrogens with one attached hydrogen (secondary N) is 2. The summed E-state index contributed by atoms with van der Waals surface area (Å²) in [7, 11) is 0. The number of carbonyl (C=O) groups excluding carboxylic acids is 2. The van der Waals surface area contributed by atoms with Crippen molar-refractivity contribution in [3.63, 3.8) is 0 Å². The van der Waals surface area contributed by atoms with Crippen molar-refractivity contribution in [3.05, 3.63) is 35.4 Å². The summed E-state index contributed by atoms with van der Waals surface area (Å²) in [5.41, 5.74) is -1.02. The molecule has 1 saturated carbocycles. The fourth-order valence-corrected chi connectivity index (χ4v) is 5.35. The van der Waals surface area contributed by atoms with E-state index < -0.39 is 17.6 Å². The first kappa shape index (κ1) is 24.9. The number of hydrogen-bond acceptors (Lipinski definition) is 5. The molecule has 34 heavy (non-hydrogen) atoms. The molecule has 2 heterocycles. The zero-order valence-electron chi connectivity index (χ0n) is 19.3. The number of benzene rings is 1. The Kier molecular flexibility index (Phi) is 8.10. The van der Waals surface area contributed by atoms with Crippen LogP contribution in [0.2, 0.25) is 0 Å². The van der Waals surface area contributed by atoms with E-state index in [9.17, 15) is 22.8 Å². The van der Waals surface area contributed by atoms with Crippen LogP contribution in [-0.4, -0.2) is 85.7 Å². The SMILES string of the molecule is O=C(CNC(=O)c1cccc(C(F)(F)F)c1)N[C@@H]1CCN(C2CCC(N3CCOCC3)CC2)C1. The van der Waals surface area contributed by atoms with Gasteiger partial charge in [-0.2, -0.15) is 13.2 Å². The summed E-state index contributed by atoms with van der Waals surface area (Å²) < 4.78 is 44.0. The van der Waals surface area contributed by atoms with Crippen LogP contribution < -0.4 is 10.6 Å². The third-order valence-corrected chi connectivity index (χ3v) is 7.19. The number of likely N-dealkylation sites (tertiary alicyclic amines) is 1. The van der Waals surface area contributed by atoms with E-state index >= 15 is 0 Å². The van der Waals surface area contributed by atoms with Crippen molar-refractivity contribution in [2.45, 2.75) is 56.4 Å². The van der Waals surface area contributed by atoms with E-state index in [1.54, 1.807) is 0 Å². The quantitative estimate of drug-likeness (QED) is 0.651. The second-order valence-corrected chi connectivity index (χ2v) is 9.42. The summed E-state index contributed by atoms with van der Waals surface area (Å²) in [6, 6.07) is 5.39. The van der Waals surface area contributed by atoms with Gasteiger partial charge in [0, 0.05) is 49.9 Å². The Balaban J connectivity index is 1.17. The third kappa shape index (κ3) is 6.49. The Morgan fingerprint density at radius 2 is 1.65 bits per heavy atom. The average Bonchev–Trinajstić information content (AvgIpc) is 3.31. The van der Waals surface area contributed by atoms with E-state index in [0.717, 1.165) is 70.8 Å². The summed E-state index contributed by atoms with van der Waals surface area (Å²) in [6.45, 7) is 5.17. The zero-order chi connectivity index (χ0) is 24.1. The van der Waals surface area contributed by atoms with E-state index in [1.165, 1.54) is 25.0 Å². The number of amides is 2. The molecule has 10 heteroatoms. The van der Waals surface area contributed by atoms with Gasteiger partial charge in [-0.25, -0.2) is 0 Å². The molecule has 188 valence electrons. The van der Waals surface area contributed by atoms with Crippen LogP contribution in [0.3, 0.4) is 0 Å². The number of morpholine rings is 1. The van der Waals surface area contributed by atoms with Crippen molar-refractivity contribution < 1.29 is 27.5 Å². The summed E-state index contributed by atoms with van der Waals surface area (Å²) in [6.07, 6.45) is 1.05. The summed E-state index contributed by atoms with van der Waals surface area (Å²) >= 11 is 0. The molecule has 0 spiro atoms. The van der Waals surface area contributed by atoms with Gasteiger partial charge >= 0.3 is 6.18 Å². The van der Waals surface area contributed by atoms with Gasteiger partial charge in [0.15, 0.2) is 0 Å². The molecular weight excluding hydrogens is 449 g/mol. The monoisotopic (exact) mass is 482 g/mol. The van der Waals surface area contributed by atoms with E-state index in [0.29, 0.717) is 12.1 Å². The Bertz CT molecular complexity index is 852. The molecule has 1 aliphatic carbocycles. The number of nitrogens with zero attached hydrogens (tertiary/aromatic N) is 2. The van der Waals surface area contributed by atoms with Crippen LogP contribution in [0.25, 0.3) is 0 Å². The molecule has 0 bridgehead atoms. The lowest BCUT2D eigenvalue weighted by Gasteiger charge is -2.41. The predicted octanol–water partition coefficient (Wildman–Crippen LogP) is 2.27. The van der Waals surface area contributed by atoms with Gasteiger partial charge < -0.3 is 15.4 Å². The first-order valence-electron chi connectivity index (χ1n) is 12.1. The van der Waals surface area contributed by atoms with Crippen molar-refractivity contribution in [2.75, 3.05) is 45.9 Å². The van der Waals surface area contributed by atoms with Gasteiger partial charge in [0.1, 0.15) is 0 Å². The van der Waals surface area contributed by atoms with Crippen LogP contribution in [0.1, 0.15) is 48.0 Å². The molecule has 0 aromatic heterocycles. The lowest BCUT2D eigenvalue weighted by molar-refractivity contribution is -0.137. The van der Waals surface area contributed by atoms with Crippen LogP contribution in [0.4, 0.5) is 13.2 Å². The highest BCUT2D eigenvalue weighted by Crippen LogP contribution is 2.30. The summed E-state index contributed by atoms with van der Waals surface area (Å²) in [5, 5.41) is 5.37. The molecule has 2 aliphatic heterocycles. The minimum Gasteiger partial charge on any atom is -0.379 e. The van der Waals surface area contributed by atoms with Gasteiger partial charge in [0.05, 0.1) is 25.3 Å². The van der Waals surface area contributed by atoms with Crippen LogP contribution in [0.5, 0.6) is 0 Å². The van der Waals surface area contributed by atoms with Gasteiger partial charge in [0.2, 0.25) is 5.91 Å². The zero-order valence-corrected chi connectivity index (χ0v) is 19.3. The minimum absolute atomic E-state index is 0.0231. The van der Waals surface area contributed by atoms with Gasteiger partial charge in [-0.1, -0.05) is 6.07 Å². The van der Waals surface area contributed by atoms with E-state index in [4.69, 9.17) is 4.74 Å². The van der Waals surface area contributed by atoms with E-state index in [1.807, 2.05) is 0 Å². The second-order valence-electron chi connectivity index (χ2n) is 9.42. The highest BCUT2D eigenvalue weighted by atomic mass is 19.4. The number of ether oxygens (including phenoxy) is 1. The number of carbonyl (C=O) groups is 2. The number of hydrogen-bond donors (Lipinski definition) is 2. The maximum atomic E-state index is 12.8. The molecule has 1 aromatic carbocycles. The molecule has 3 fully saturated rings. The van der Waals surface area contributed by atoms with Gasteiger partial charge in [-0.3, -0.25) is 19.4 Å². The Morgan fingerprint density at radius 1 is 0.971 bits per heavy atom. The van der Waals surface area contributed by atoms with Crippen molar-refractivity contribution in [1.29, 1.82) is 0 Å². The highest BCUT2D eigenvalue weighted by Gasteiger charge is 2.34. The molecule has 1 aromatic rings. The van der Waals surface area contributed by atoms with Gasteiger partial charge in [-0.15, -0.1) is 0 Å². The maximum Gasteiger partial charge on any atom is 0.416 e. The van der Waals surface area contributed by atoms with Crippen molar-refractivity contribution in [2.24, 2.45) is 0 Å². The topological polar surface area (TPSA) is 73.9 Å². The second kappa shape index (κ2) is 11.0. The fraction of sp³-hybridized carbons (Fsp3) is 0.667. The molecule has 0 unspecified atom stereocenters. The molecular formula is C24H33F3N4O3. The van der Waals surface area contributed by atoms with Crippen molar-refractivity contribution in [3.8, 4) is 0 Å². The largest absolute Gasteiger partial charge is 0.416 e. The van der Waals surface area contributed by atoms with Crippen molar-refractivity contribution >= 4 is 11.8 Å². The van der Waals surface area contributed by atoms with Crippen LogP contribution in [0, 0.1) is 0 Å². The highest BCUT2D eigenvalue weighted by molar-refractivity contribution is 5.96. The van der Waals surface area contributed by atoms with Gasteiger partial charge in [0.25, 0.3) is 5.91 Å². The lowest BCUT2D eigenvalue weighted by atomic mass is 9.89. The third-order valence-electron chi connectivity index (χ3n) is 7.19. The predicted molar refractivity (Wildman–Crippen MR) is 120 cm³/mol.